The first-order valence-electron chi connectivity index (χ1n) is 6.21. The van der Waals surface area contributed by atoms with E-state index in [0.29, 0.717) is 10.6 Å². The average Bonchev–Trinajstić information content (AvgIpc) is 2.94. The maximum atomic E-state index is 12.0. The molecule has 2 rings (SSSR count). The van der Waals surface area contributed by atoms with Gasteiger partial charge in [0.2, 0.25) is 0 Å². The number of halogens is 1. The second-order valence-electron chi connectivity index (χ2n) is 4.90. The molecule has 2 aromatic rings. The molecule has 0 radical (unpaired) electrons. The van der Waals surface area contributed by atoms with Crippen LogP contribution in [0.5, 0.6) is 0 Å². The molecule has 1 atom stereocenters. The van der Waals surface area contributed by atoms with Crippen molar-refractivity contribution in [3.8, 4) is 0 Å². The number of carbonyl (C=O) groups excluding carboxylic acids is 1. The van der Waals surface area contributed by atoms with Crippen LogP contribution in [0.3, 0.4) is 0 Å². The lowest BCUT2D eigenvalue weighted by molar-refractivity contribution is 0.0557. The summed E-state index contributed by atoms with van der Waals surface area (Å²) in [6.45, 7) is 3.71. The maximum Gasteiger partial charge on any atom is 0.251 e. The lowest BCUT2D eigenvalue weighted by atomic mass is 10.0. The summed E-state index contributed by atoms with van der Waals surface area (Å²) in [6.07, 6.45) is 0. The van der Waals surface area contributed by atoms with E-state index >= 15 is 0 Å². The fourth-order valence-corrected chi connectivity index (χ4v) is 2.73. The summed E-state index contributed by atoms with van der Waals surface area (Å²) in [7, 11) is 0. The molecule has 1 heterocycles. The Morgan fingerprint density at radius 3 is 2.80 bits per heavy atom. The number of amides is 1. The Morgan fingerprint density at radius 1 is 1.45 bits per heavy atom. The van der Waals surface area contributed by atoms with Gasteiger partial charge in [0.25, 0.3) is 5.91 Å². The molecule has 3 nitrogen and oxygen atoms in total. The monoisotopic (exact) mass is 309 g/mol. The van der Waals surface area contributed by atoms with Crippen molar-refractivity contribution in [1.82, 2.24) is 5.32 Å². The number of rotatable bonds is 4. The number of nitrogens with one attached hydrogen (secondary N) is 1. The largest absolute Gasteiger partial charge is 0.383 e. The van der Waals surface area contributed by atoms with Gasteiger partial charge in [-0.15, -0.1) is 11.3 Å². The molecule has 0 spiro atoms. The Labute approximate surface area is 127 Å². The van der Waals surface area contributed by atoms with Gasteiger partial charge in [-0.25, -0.2) is 0 Å². The third-order valence-corrected chi connectivity index (χ3v) is 4.61. The first kappa shape index (κ1) is 15.0. The standard InChI is InChI=1S/C15H16ClNO2S/c1-10-5-6-11(8-12(10)16)14(18)17-9-15(2,19)13-4-3-7-20-13/h3-8,19H,9H2,1-2H3,(H,17,18). The topological polar surface area (TPSA) is 49.3 Å². The highest BCUT2D eigenvalue weighted by Gasteiger charge is 2.25. The van der Waals surface area contributed by atoms with E-state index in [1.54, 1.807) is 25.1 Å². The third-order valence-electron chi connectivity index (χ3n) is 3.08. The zero-order valence-electron chi connectivity index (χ0n) is 11.3. The summed E-state index contributed by atoms with van der Waals surface area (Å²) in [6, 6.07) is 8.87. The fourth-order valence-electron chi connectivity index (χ4n) is 1.76. The minimum atomic E-state index is -1.07. The van der Waals surface area contributed by atoms with E-state index in [-0.39, 0.29) is 12.5 Å². The van der Waals surface area contributed by atoms with Crippen molar-refractivity contribution >= 4 is 28.8 Å². The Kier molecular flexibility index (Phi) is 4.48. The van der Waals surface area contributed by atoms with Crippen molar-refractivity contribution in [1.29, 1.82) is 0 Å². The summed E-state index contributed by atoms with van der Waals surface area (Å²) >= 11 is 7.46. The van der Waals surface area contributed by atoms with Crippen molar-refractivity contribution < 1.29 is 9.90 Å². The summed E-state index contributed by atoms with van der Waals surface area (Å²) in [5.41, 5.74) is 0.342. The van der Waals surface area contributed by atoms with Crippen LogP contribution >= 0.6 is 22.9 Å². The number of aryl methyl sites for hydroxylation is 1. The summed E-state index contributed by atoms with van der Waals surface area (Å²) in [5, 5.41) is 15.5. The van der Waals surface area contributed by atoms with Crippen LogP contribution in [0, 0.1) is 6.92 Å². The van der Waals surface area contributed by atoms with E-state index < -0.39 is 5.60 Å². The first-order chi connectivity index (χ1) is 9.40. The number of hydrogen-bond acceptors (Lipinski definition) is 3. The second-order valence-corrected chi connectivity index (χ2v) is 6.25. The maximum absolute atomic E-state index is 12.0. The highest BCUT2D eigenvalue weighted by atomic mass is 35.5. The van der Waals surface area contributed by atoms with Gasteiger partial charge in [-0.3, -0.25) is 4.79 Å². The van der Waals surface area contributed by atoms with Gasteiger partial charge in [0, 0.05) is 15.5 Å². The molecule has 0 bridgehead atoms. The van der Waals surface area contributed by atoms with E-state index in [0.717, 1.165) is 10.4 Å². The van der Waals surface area contributed by atoms with Crippen molar-refractivity contribution in [3.05, 3.63) is 56.7 Å². The van der Waals surface area contributed by atoms with Crippen LogP contribution in [0.15, 0.2) is 35.7 Å². The lowest BCUT2D eigenvalue weighted by Gasteiger charge is -2.22. The number of carbonyl (C=O) groups is 1. The quantitative estimate of drug-likeness (QED) is 0.910. The van der Waals surface area contributed by atoms with Gasteiger partial charge in [0.1, 0.15) is 5.60 Å². The van der Waals surface area contributed by atoms with Gasteiger partial charge in [0.05, 0.1) is 6.54 Å². The van der Waals surface area contributed by atoms with Crippen LogP contribution in [-0.2, 0) is 5.60 Å². The van der Waals surface area contributed by atoms with Gasteiger partial charge >= 0.3 is 0 Å². The van der Waals surface area contributed by atoms with E-state index in [1.165, 1.54) is 11.3 Å². The van der Waals surface area contributed by atoms with Crippen molar-refractivity contribution in [2.45, 2.75) is 19.4 Å². The van der Waals surface area contributed by atoms with Gasteiger partial charge in [-0.1, -0.05) is 23.7 Å². The average molecular weight is 310 g/mol. The lowest BCUT2D eigenvalue weighted by Crippen LogP contribution is -2.38. The molecule has 0 saturated heterocycles. The zero-order valence-corrected chi connectivity index (χ0v) is 12.9. The molecule has 1 unspecified atom stereocenters. The molecule has 2 N–H and O–H groups in total. The molecule has 1 amide bonds. The molecule has 5 heteroatoms. The number of thiophene rings is 1. The number of aliphatic hydroxyl groups is 1. The van der Waals surface area contributed by atoms with Crippen LogP contribution < -0.4 is 5.32 Å². The molecule has 106 valence electrons. The highest BCUT2D eigenvalue weighted by Crippen LogP contribution is 2.24. The summed E-state index contributed by atoms with van der Waals surface area (Å²) in [5.74, 6) is -0.247. The highest BCUT2D eigenvalue weighted by molar-refractivity contribution is 7.10. The zero-order chi connectivity index (χ0) is 14.8. The second kappa shape index (κ2) is 5.95. The Balaban J connectivity index is 2.03. The molecule has 0 aliphatic heterocycles. The van der Waals surface area contributed by atoms with Crippen molar-refractivity contribution in [2.75, 3.05) is 6.54 Å². The number of benzene rings is 1. The van der Waals surface area contributed by atoms with Crippen molar-refractivity contribution in [2.24, 2.45) is 0 Å². The first-order valence-corrected chi connectivity index (χ1v) is 7.46. The fraction of sp³-hybridized carbons (Fsp3) is 0.267. The summed E-state index contributed by atoms with van der Waals surface area (Å²) < 4.78 is 0. The van der Waals surface area contributed by atoms with E-state index in [4.69, 9.17) is 11.6 Å². The molecule has 0 saturated carbocycles. The molecule has 1 aromatic carbocycles. The normalized spacial score (nSPS) is 13.8. The van der Waals surface area contributed by atoms with Crippen LogP contribution in [0.2, 0.25) is 5.02 Å². The van der Waals surface area contributed by atoms with E-state index in [1.807, 2.05) is 24.4 Å². The smallest absolute Gasteiger partial charge is 0.251 e. The van der Waals surface area contributed by atoms with Gasteiger partial charge in [-0.2, -0.15) is 0 Å². The number of hydrogen-bond donors (Lipinski definition) is 2. The molecule has 1 aromatic heterocycles. The Bertz CT molecular complexity index is 608. The predicted octanol–water partition coefficient (Wildman–Crippen LogP) is 3.35. The summed E-state index contributed by atoms with van der Waals surface area (Å²) in [4.78, 5) is 12.9. The third kappa shape index (κ3) is 3.39. The van der Waals surface area contributed by atoms with Gasteiger partial charge in [0.15, 0.2) is 0 Å². The van der Waals surface area contributed by atoms with E-state index in [2.05, 4.69) is 5.32 Å². The van der Waals surface area contributed by atoms with Crippen LogP contribution in [0.25, 0.3) is 0 Å². The Hall–Kier alpha value is -1.36. The van der Waals surface area contributed by atoms with Crippen molar-refractivity contribution in [3.63, 3.8) is 0 Å². The molecule has 0 aliphatic rings. The molecule has 0 aliphatic carbocycles. The van der Waals surface area contributed by atoms with Gasteiger partial charge in [-0.05, 0) is 43.0 Å². The molecular formula is C15H16ClNO2S. The van der Waals surface area contributed by atoms with Gasteiger partial charge < -0.3 is 10.4 Å². The molecular weight excluding hydrogens is 294 g/mol. The van der Waals surface area contributed by atoms with Crippen LogP contribution in [0.4, 0.5) is 0 Å². The van der Waals surface area contributed by atoms with Crippen LogP contribution in [-0.4, -0.2) is 17.6 Å². The molecule has 0 fully saturated rings. The Morgan fingerprint density at radius 2 is 2.20 bits per heavy atom. The minimum absolute atomic E-state index is 0.151. The van der Waals surface area contributed by atoms with E-state index in [9.17, 15) is 9.90 Å². The SMILES string of the molecule is Cc1ccc(C(=O)NCC(C)(O)c2cccs2)cc1Cl. The molecule has 20 heavy (non-hydrogen) atoms. The minimum Gasteiger partial charge on any atom is -0.383 e. The predicted molar refractivity (Wildman–Crippen MR) is 82.4 cm³/mol. The van der Waals surface area contributed by atoms with Crippen LogP contribution in [0.1, 0.15) is 27.7 Å².